The van der Waals surface area contributed by atoms with Crippen molar-refractivity contribution >= 4 is 13.6 Å². The molecule has 1 aromatic carbocycles. The molecule has 2 heteroatoms. The minimum atomic E-state index is 0.0360. The van der Waals surface area contributed by atoms with Gasteiger partial charge in [-0.05, 0) is 154 Å². The molecule has 178 valence electrons. The smallest absolute Gasteiger partial charge is 0.0497 e. The number of anilines is 1. The van der Waals surface area contributed by atoms with Gasteiger partial charge in [-0.15, -0.1) is 0 Å². The molecule has 8 bridgehead atoms. The van der Waals surface area contributed by atoms with Crippen LogP contribution < -0.4 is 4.90 Å². The first-order valence-electron chi connectivity index (χ1n) is 14.8. The molecule has 9 aliphatic rings. The van der Waals surface area contributed by atoms with Crippen LogP contribution >= 0.6 is 7.92 Å². The lowest BCUT2D eigenvalue weighted by atomic mass is 9.55. The molecule has 1 aromatic rings. The van der Waals surface area contributed by atoms with Gasteiger partial charge in [-0.3, -0.25) is 0 Å². The fraction of sp³-hybridized carbons (Fsp3) is 0.806. The second kappa shape index (κ2) is 7.48. The zero-order valence-corrected chi connectivity index (χ0v) is 21.5. The Hall–Kier alpha value is -0.550. The van der Waals surface area contributed by atoms with E-state index in [0.717, 1.165) is 51.6 Å². The van der Waals surface area contributed by atoms with Crippen LogP contribution in [0, 0.1) is 35.5 Å². The lowest BCUT2D eigenvalue weighted by Gasteiger charge is -2.69. The predicted octanol–water partition coefficient (Wildman–Crippen LogP) is 8.42. The molecule has 1 unspecified atom stereocenters. The summed E-state index contributed by atoms with van der Waals surface area (Å²) in [7, 11) is 0.0360. The van der Waals surface area contributed by atoms with E-state index in [9.17, 15) is 0 Å². The van der Waals surface area contributed by atoms with Crippen molar-refractivity contribution in [2.45, 2.75) is 112 Å². The molecule has 1 saturated heterocycles. The summed E-state index contributed by atoms with van der Waals surface area (Å²) in [6.07, 6.45) is 23.9. The summed E-state index contributed by atoms with van der Waals surface area (Å²) in [6, 6.07) is 11.7. The maximum absolute atomic E-state index is 3.01. The monoisotopic (exact) mass is 461 g/mol. The maximum atomic E-state index is 3.01. The highest BCUT2D eigenvalue weighted by Crippen LogP contribution is 2.81. The number of rotatable bonds is 4. The second-order valence-corrected chi connectivity index (χ2v) is 17.4. The Kier molecular flexibility index (Phi) is 4.67. The number of hydrogen-bond acceptors (Lipinski definition) is 1. The van der Waals surface area contributed by atoms with Gasteiger partial charge in [-0.2, -0.15) is 0 Å². The van der Waals surface area contributed by atoms with Crippen LogP contribution in [0.2, 0.25) is 0 Å². The van der Waals surface area contributed by atoms with Crippen LogP contribution in [0.15, 0.2) is 30.3 Å². The van der Waals surface area contributed by atoms with E-state index in [1.165, 1.54) is 25.8 Å². The highest BCUT2D eigenvalue weighted by molar-refractivity contribution is 7.62. The number of nitrogens with zero attached hydrogens (tertiary/aromatic N) is 1. The van der Waals surface area contributed by atoms with Crippen molar-refractivity contribution in [3.63, 3.8) is 0 Å². The number of benzene rings is 1. The van der Waals surface area contributed by atoms with Crippen LogP contribution in [-0.2, 0) is 0 Å². The van der Waals surface area contributed by atoms with Gasteiger partial charge >= 0.3 is 0 Å². The quantitative estimate of drug-likeness (QED) is 0.407. The summed E-state index contributed by atoms with van der Waals surface area (Å²) in [5.41, 5.74) is 1.56. The molecule has 0 aromatic heterocycles. The van der Waals surface area contributed by atoms with E-state index in [1.807, 2.05) is 0 Å². The topological polar surface area (TPSA) is 3.24 Å². The van der Waals surface area contributed by atoms with E-state index in [-0.39, 0.29) is 7.92 Å². The molecule has 9 fully saturated rings. The standard InChI is InChI=1S/C31H44NP/c1-2-6-28(7-3-1)32-9-5-4-8-29(32)33(30-16-22-10-23(17-30)12-24(11-22)18-30)31-19-25-13-26(20-31)15-27(14-25)21-31/h1-3,6-7,22-27,29H,4-5,8-21H2. The zero-order chi connectivity index (χ0) is 21.6. The zero-order valence-electron chi connectivity index (χ0n) is 20.6. The molecule has 8 aliphatic carbocycles. The minimum Gasteiger partial charge on any atom is -0.365 e. The van der Waals surface area contributed by atoms with Gasteiger partial charge in [-0.25, -0.2) is 0 Å². The molecule has 0 N–H and O–H groups in total. The number of hydrogen-bond donors (Lipinski definition) is 0. The first kappa shape index (κ1) is 20.6. The highest BCUT2D eigenvalue weighted by Gasteiger charge is 2.64. The third-order valence-corrected chi connectivity index (χ3v) is 16.2. The summed E-state index contributed by atoms with van der Waals surface area (Å²) >= 11 is 0. The molecule has 1 aliphatic heterocycles. The third-order valence-electron chi connectivity index (χ3n) is 11.9. The Morgan fingerprint density at radius 2 is 1.06 bits per heavy atom. The first-order chi connectivity index (χ1) is 16.2. The average Bonchev–Trinajstić information content (AvgIpc) is 2.78. The van der Waals surface area contributed by atoms with Crippen molar-refractivity contribution in [2.75, 3.05) is 11.4 Å². The van der Waals surface area contributed by atoms with Crippen molar-refractivity contribution in [2.24, 2.45) is 35.5 Å². The van der Waals surface area contributed by atoms with Crippen molar-refractivity contribution < 1.29 is 0 Å². The largest absolute Gasteiger partial charge is 0.365 e. The molecule has 1 nitrogen and oxygen atoms in total. The first-order valence-corrected chi connectivity index (χ1v) is 16.2. The summed E-state index contributed by atoms with van der Waals surface area (Å²) in [5.74, 6) is 7.48. The van der Waals surface area contributed by atoms with Gasteiger partial charge in [0.25, 0.3) is 0 Å². The Balaban J connectivity index is 1.26. The van der Waals surface area contributed by atoms with Gasteiger partial charge in [-0.1, -0.05) is 26.1 Å². The van der Waals surface area contributed by atoms with E-state index < -0.39 is 0 Å². The maximum Gasteiger partial charge on any atom is 0.0497 e. The second-order valence-electron chi connectivity index (χ2n) is 14.2. The molecule has 1 atom stereocenters. The summed E-state index contributed by atoms with van der Waals surface area (Å²) in [4.78, 5) is 3.01. The van der Waals surface area contributed by atoms with E-state index >= 15 is 0 Å². The van der Waals surface area contributed by atoms with Crippen LogP contribution in [-0.4, -0.2) is 22.6 Å². The van der Waals surface area contributed by atoms with Crippen LogP contribution in [0.3, 0.4) is 0 Å². The highest BCUT2D eigenvalue weighted by atomic mass is 31.1. The molecule has 0 radical (unpaired) electrons. The van der Waals surface area contributed by atoms with Crippen LogP contribution in [0.5, 0.6) is 0 Å². The number of piperidine rings is 1. The molecule has 10 rings (SSSR count). The van der Waals surface area contributed by atoms with Gasteiger partial charge in [0.2, 0.25) is 0 Å². The normalized spacial score (nSPS) is 50.7. The van der Waals surface area contributed by atoms with Crippen molar-refractivity contribution in [3.05, 3.63) is 30.3 Å². The van der Waals surface area contributed by atoms with Gasteiger partial charge in [0.05, 0.1) is 0 Å². The van der Waals surface area contributed by atoms with Crippen molar-refractivity contribution in [1.82, 2.24) is 0 Å². The molecule has 0 spiro atoms. The summed E-state index contributed by atoms with van der Waals surface area (Å²) in [6.45, 7) is 1.33. The van der Waals surface area contributed by atoms with E-state index in [4.69, 9.17) is 0 Å². The van der Waals surface area contributed by atoms with Crippen molar-refractivity contribution in [1.29, 1.82) is 0 Å². The Labute approximate surface area is 203 Å². The molecular weight excluding hydrogens is 417 g/mol. The van der Waals surface area contributed by atoms with E-state index in [2.05, 4.69) is 35.2 Å². The minimum absolute atomic E-state index is 0.0360. The fourth-order valence-electron chi connectivity index (χ4n) is 12.0. The van der Waals surface area contributed by atoms with E-state index in [0.29, 0.717) is 0 Å². The molecule has 0 amide bonds. The van der Waals surface area contributed by atoms with Crippen LogP contribution in [0.25, 0.3) is 0 Å². The summed E-state index contributed by atoms with van der Waals surface area (Å²) < 4.78 is 0. The molecule has 8 saturated carbocycles. The average molecular weight is 462 g/mol. The molecule has 1 heterocycles. The molecule has 33 heavy (non-hydrogen) atoms. The SMILES string of the molecule is c1ccc(N2CCCCC2P(C23CC4CC(CC(C4)C2)C3)C23CC4CC(CC(C4)C2)C3)cc1. The Bertz CT molecular complexity index is 777. The number of para-hydroxylation sites is 1. The lowest BCUT2D eigenvalue weighted by Crippen LogP contribution is -2.60. The molecular formula is C31H44NP. The van der Waals surface area contributed by atoms with E-state index in [1.54, 1.807) is 82.7 Å². The Morgan fingerprint density at radius 1 is 0.606 bits per heavy atom. The van der Waals surface area contributed by atoms with Gasteiger partial charge in [0.1, 0.15) is 0 Å². The fourth-order valence-corrected chi connectivity index (χ4v) is 17.9. The van der Waals surface area contributed by atoms with Crippen LogP contribution in [0.4, 0.5) is 5.69 Å². The van der Waals surface area contributed by atoms with Crippen LogP contribution in [0.1, 0.15) is 96.3 Å². The summed E-state index contributed by atoms with van der Waals surface area (Å²) in [5, 5.41) is 1.51. The van der Waals surface area contributed by atoms with Crippen molar-refractivity contribution in [3.8, 4) is 0 Å². The van der Waals surface area contributed by atoms with Gasteiger partial charge < -0.3 is 4.90 Å². The third kappa shape index (κ3) is 3.19. The Morgan fingerprint density at radius 3 is 1.52 bits per heavy atom. The van der Waals surface area contributed by atoms with Gasteiger partial charge in [0.15, 0.2) is 0 Å². The van der Waals surface area contributed by atoms with Gasteiger partial charge in [0, 0.05) is 18.0 Å². The lowest BCUT2D eigenvalue weighted by molar-refractivity contribution is 0.0176. The predicted molar refractivity (Wildman–Crippen MR) is 140 cm³/mol.